The number of hydrogen-bond acceptors (Lipinski definition) is 6. The zero-order valence-electron chi connectivity index (χ0n) is 19.1. The van der Waals surface area contributed by atoms with Crippen molar-refractivity contribution in [2.75, 3.05) is 23.7 Å². The van der Waals surface area contributed by atoms with Crippen LogP contribution in [0.25, 0.3) is 0 Å². The minimum absolute atomic E-state index is 0.158. The Balaban J connectivity index is 1.39. The van der Waals surface area contributed by atoms with Crippen molar-refractivity contribution in [2.24, 2.45) is 5.18 Å². The number of hydrogen-bond donors (Lipinski definition) is 2. The molecule has 1 aromatic heterocycles. The van der Waals surface area contributed by atoms with Crippen molar-refractivity contribution in [1.29, 1.82) is 0 Å². The van der Waals surface area contributed by atoms with E-state index >= 15 is 0 Å². The Morgan fingerprint density at radius 3 is 2.56 bits per heavy atom. The Morgan fingerprint density at radius 1 is 1.15 bits per heavy atom. The summed E-state index contributed by atoms with van der Waals surface area (Å²) >= 11 is 0. The molecule has 2 N–H and O–H groups in total. The molecule has 4 rings (SSSR count). The number of nitrogens with one attached hydrogen (secondary N) is 2. The molecule has 1 aliphatic heterocycles. The lowest BCUT2D eigenvalue weighted by Crippen LogP contribution is -2.37. The Kier molecular flexibility index (Phi) is 7.47. The molecule has 2 heterocycles. The minimum atomic E-state index is -0.314. The number of pyridine rings is 1. The lowest BCUT2D eigenvalue weighted by atomic mass is 9.89. The van der Waals surface area contributed by atoms with Crippen LogP contribution >= 0.6 is 0 Å². The van der Waals surface area contributed by atoms with Gasteiger partial charge in [0, 0.05) is 43.4 Å². The number of carbonyl (C=O) groups excluding carboxylic acids is 1. The molecule has 0 saturated carbocycles. The van der Waals surface area contributed by atoms with Crippen LogP contribution in [0.5, 0.6) is 0 Å². The van der Waals surface area contributed by atoms with Crippen LogP contribution in [0.15, 0.2) is 66.0 Å². The van der Waals surface area contributed by atoms with Gasteiger partial charge in [0.15, 0.2) is 0 Å². The van der Waals surface area contributed by atoms with Crippen LogP contribution in [-0.2, 0) is 11.3 Å². The second-order valence-corrected chi connectivity index (χ2v) is 8.38. The van der Waals surface area contributed by atoms with Crippen molar-refractivity contribution in [1.82, 2.24) is 9.88 Å². The number of rotatable bonds is 8. The summed E-state index contributed by atoms with van der Waals surface area (Å²) in [6.07, 6.45) is 3.89. The zero-order valence-corrected chi connectivity index (χ0v) is 19.1. The van der Waals surface area contributed by atoms with Crippen LogP contribution < -0.4 is 10.6 Å². The van der Waals surface area contributed by atoms with Gasteiger partial charge in [-0.2, -0.15) is 0 Å². The van der Waals surface area contributed by atoms with E-state index in [4.69, 9.17) is 0 Å². The molecule has 176 valence electrons. The van der Waals surface area contributed by atoms with E-state index in [1.165, 1.54) is 17.8 Å². The number of aromatic nitrogens is 1. The standard InChI is InChI=1S/C26H28FN5O2/c1-2-26(33)32-13-11-19(12-14-32)18-7-9-21(10-8-18)30-25-15-23(24(31-34)17-29-25)28-16-20-5-3-4-6-22(20)27/h3-10,15,17,19H,2,11-14,16H2,1H3,(H2,28,29,30). The number of nitroso groups, excluding NO2 is 1. The number of anilines is 3. The van der Waals surface area contributed by atoms with Crippen LogP contribution in [0.3, 0.4) is 0 Å². The first-order valence-electron chi connectivity index (χ1n) is 11.5. The van der Waals surface area contributed by atoms with E-state index in [-0.39, 0.29) is 24.0 Å². The Bertz CT molecular complexity index is 1140. The molecular formula is C26H28FN5O2. The van der Waals surface area contributed by atoms with Crippen LogP contribution in [0.4, 0.5) is 27.3 Å². The number of amides is 1. The van der Waals surface area contributed by atoms with E-state index in [1.54, 1.807) is 24.3 Å². The maximum atomic E-state index is 13.9. The Morgan fingerprint density at radius 2 is 1.88 bits per heavy atom. The Labute approximate surface area is 198 Å². The predicted octanol–water partition coefficient (Wildman–Crippen LogP) is 6.09. The summed E-state index contributed by atoms with van der Waals surface area (Å²) in [5.41, 5.74) is 3.24. The molecule has 1 saturated heterocycles. The third kappa shape index (κ3) is 5.57. The molecule has 1 fully saturated rings. The second-order valence-electron chi connectivity index (χ2n) is 8.38. The fourth-order valence-electron chi connectivity index (χ4n) is 4.24. The first-order chi connectivity index (χ1) is 16.6. The fourth-order valence-corrected chi connectivity index (χ4v) is 4.24. The smallest absolute Gasteiger partial charge is 0.222 e. The van der Waals surface area contributed by atoms with Crippen LogP contribution in [0, 0.1) is 10.7 Å². The summed E-state index contributed by atoms with van der Waals surface area (Å²) in [5.74, 6) is 0.901. The van der Waals surface area contributed by atoms with E-state index in [0.29, 0.717) is 29.4 Å². The highest BCUT2D eigenvalue weighted by Gasteiger charge is 2.22. The number of piperidine rings is 1. The molecular weight excluding hydrogens is 433 g/mol. The number of halogens is 1. The van der Waals surface area contributed by atoms with Gasteiger partial charge in [0.2, 0.25) is 5.91 Å². The lowest BCUT2D eigenvalue weighted by molar-refractivity contribution is -0.131. The molecule has 1 aliphatic rings. The van der Waals surface area contributed by atoms with Gasteiger partial charge in [0.1, 0.15) is 17.3 Å². The first kappa shape index (κ1) is 23.4. The summed E-state index contributed by atoms with van der Waals surface area (Å²) in [7, 11) is 0. The number of nitrogens with zero attached hydrogens (tertiary/aromatic N) is 3. The third-order valence-electron chi connectivity index (χ3n) is 6.21. The SMILES string of the molecule is CCC(=O)N1CCC(c2ccc(Nc3cc(NCc4ccccc4F)c(N=O)cn3)cc2)CC1. The van der Waals surface area contributed by atoms with Crippen molar-refractivity contribution >= 4 is 28.8 Å². The van der Waals surface area contributed by atoms with E-state index in [1.807, 2.05) is 24.0 Å². The predicted molar refractivity (Wildman–Crippen MR) is 132 cm³/mol. The molecule has 7 nitrogen and oxygen atoms in total. The maximum absolute atomic E-state index is 13.9. The molecule has 0 atom stereocenters. The average Bonchev–Trinajstić information content (AvgIpc) is 2.88. The van der Waals surface area contributed by atoms with Crippen molar-refractivity contribution < 1.29 is 9.18 Å². The zero-order chi connectivity index (χ0) is 23.9. The van der Waals surface area contributed by atoms with Gasteiger partial charge in [0.05, 0.1) is 11.9 Å². The molecule has 0 radical (unpaired) electrons. The molecule has 2 aromatic carbocycles. The van der Waals surface area contributed by atoms with Crippen molar-refractivity contribution in [2.45, 2.75) is 38.6 Å². The monoisotopic (exact) mass is 461 g/mol. The largest absolute Gasteiger partial charge is 0.379 e. The summed E-state index contributed by atoms with van der Waals surface area (Å²) < 4.78 is 13.9. The first-order valence-corrected chi connectivity index (χ1v) is 11.5. The summed E-state index contributed by atoms with van der Waals surface area (Å²) in [6.45, 7) is 3.73. The van der Waals surface area contributed by atoms with Crippen LogP contribution in [0.2, 0.25) is 0 Å². The Hall–Kier alpha value is -3.81. The number of benzene rings is 2. The van der Waals surface area contributed by atoms with Gasteiger partial charge in [-0.05, 0) is 47.7 Å². The van der Waals surface area contributed by atoms with Crippen molar-refractivity contribution in [3.63, 3.8) is 0 Å². The summed E-state index contributed by atoms with van der Waals surface area (Å²) in [4.78, 5) is 29.3. The van der Waals surface area contributed by atoms with Crippen LogP contribution in [0.1, 0.15) is 43.2 Å². The van der Waals surface area contributed by atoms with E-state index in [9.17, 15) is 14.1 Å². The minimum Gasteiger partial charge on any atom is -0.379 e. The van der Waals surface area contributed by atoms with E-state index < -0.39 is 0 Å². The summed E-state index contributed by atoms with van der Waals surface area (Å²) in [6, 6.07) is 16.4. The van der Waals surface area contributed by atoms with Crippen molar-refractivity contribution in [3.8, 4) is 0 Å². The average molecular weight is 462 g/mol. The summed E-state index contributed by atoms with van der Waals surface area (Å²) in [5, 5.41) is 9.33. The lowest BCUT2D eigenvalue weighted by Gasteiger charge is -2.32. The fraction of sp³-hybridized carbons (Fsp3) is 0.308. The van der Waals surface area contributed by atoms with Gasteiger partial charge in [-0.15, -0.1) is 4.91 Å². The van der Waals surface area contributed by atoms with Gasteiger partial charge in [-0.3, -0.25) is 4.79 Å². The van der Waals surface area contributed by atoms with Gasteiger partial charge < -0.3 is 15.5 Å². The van der Waals surface area contributed by atoms with Gasteiger partial charge in [-0.25, -0.2) is 9.37 Å². The molecule has 34 heavy (non-hydrogen) atoms. The maximum Gasteiger partial charge on any atom is 0.222 e. The highest BCUT2D eigenvalue weighted by Crippen LogP contribution is 2.31. The normalized spacial score (nSPS) is 14.0. The van der Waals surface area contributed by atoms with E-state index in [2.05, 4.69) is 32.9 Å². The molecule has 1 amide bonds. The highest BCUT2D eigenvalue weighted by molar-refractivity contribution is 5.76. The number of likely N-dealkylation sites (tertiary alicyclic amines) is 1. The molecule has 0 spiro atoms. The highest BCUT2D eigenvalue weighted by atomic mass is 19.1. The topological polar surface area (TPSA) is 86.7 Å². The van der Waals surface area contributed by atoms with Gasteiger partial charge >= 0.3 is 0 Å². The molecule has 0 bridgehead atoms. The quantitative estimate of drug-likeness (QED) is 0.397. The van der Waals surface area contributed by atoms with Gasteiger partial charge in [-0.1, -0.05) is 37.3 Å². The van der Waals surface area contributed by atoms with Crippen molar-refractivity contribution in [3.05, 3.63) is 82.6 Å². The van der Waals surface area contributed by atoms with Gasteiger partial charge in [0.25, 0.3) is 0 Å². The molecule has 0 aliphatic carbocycles. The number of carbonyl (C=O) groups is 1. The third-order valence-corrected chi connectivity index (χ3v) is 6.21. The molecule has 8 heteroatoms. The molecule has 0 unspecified atom stereocenters. The van der Waals surface area contributed by atoms with E-state index in [0.717, 1.165) is 31.6 Å². The second kappa shape index (κ2) is 10.9. The van der Waals surface area contributed by atoms with Crippen LogP contribution in [-0.4, -0.2) is 28.9 Å². The molecule has 3 aromatic rings.